The lowest BCUT2D eigenvalue weighted by Gasteiger charge is -2.18. The van der Waals surface area contributed by atoms with E-state index < -0.39 is 0 Å². The molecule has 0 N–H and O–H groups in total. The lowest BCUT2D eigenvalue weighted by molar-refractivity contribution is 0.103. The predicted molar refractivity (Wildman–Crippen MR) is 114 cm³/mol. The van der Waals surface area contributed by atoms with Gasteiger partial charge in [-0.25, -0.2) is 0 Å². The minimum Gasteiger partial charge on any atom is -0.492 e. The van der Waals surface area contributed by atoms with E-state index in [0.29, 0.717) is 41.4 Å². The molecule has 6 nitrogen and oxygen atoms in total. The van der Waals surface area contributed by atoms with Crippen molar-refractivity contribution in [2.24, 2.45) is 0 Å². The van der Waals surface area contributed by atoms with Crippen molar-refractivity contribution in [2.45, 2.75) is 20.3 Å². The molecule has 0 radical (unpaired) electrons. The summed E-state index contributed by atoms with van der Waals surface area (Å²) in [6, 6.07) is 9.23. The van der Waals surface area contributed by atoms with Crippen LogP contribution in [0.15, 0.2) is 35.9 Å². The first-order valence-corrected chi connectivity index (χ1v) is 9.66. The van der Waals surface area contributed by atoms with E-state index in [-0.39, 0.29) is 12.6 Å². The molecule has 154 valence electrons. The Kier molecular flexibility index (Phi) is 6.32. The fraction of sp³-hybridized carbons (Fsp3) is 0.348. The van der Waals surface area contributed by atoms with Gasteiger partial charge in [0.15, 0.2) is 17.3 Å². The van der Waals surface area contributed by atoms with E-state index in [1.165, 1.54) is 0 Å². The maximum atomic E-state index is 13.2. The third kappa shape index (κ3) is 4.16. The topological polar surface area (TPSA) is 57.2 Å². The standard InChI is InChI=1S/C23H27NO5/c1-6-15(12-17-9-11-20-23(22(17)26-5)29-14-28-20)21(25)16-8-10-19(27-7-2)18(13-16)24(3)4/h8-13H,6-7,14H2,1-5H3. The molecule has 1 aliphatic heterocycles. The number of anilines is 1. The first-order chi connectivity index (χ1) is 14.0. The Balaban J connectivity index is 1.99. The van der Waals surface area contributed by atoms with Crippen LogP contribution in [0.1, 0.15) is 36.2 Å². The van der Waals surface area contributed by atoms with Crippen LogP contribution in [0.4, 0.5) is 5.69 Å². The summed E-state index contributed by atoms with van der Waals surface area (Å²) >= 11 is 0. The largest absolute Gasteiger partial charge is 0.492 e. The van der Waals surface area contributed by atoms with Gasteiger partial charge in [0.05, 0.1) is 19.4 Å². The molecule has 0 amide bonds. The Labute approximate surface area is 171 Å². The second kappa shape index (κ2) is 8.90. The molecule has 0 unspecified atom stereocenters. The number of fused-ring (bicyclic) bond motifs is 1. The molecular formula is C23H27NO5. The Bertz CT molecular complexity index is 933. The number of methoxy groups -OCH3 is 1. The molecular weight excluding hydrogens is 370 g/mol. The quantitative estimate of drug-likeness (QED) is 0.481. The number of nitrogens with zero attached hydrogens (tertiary/aromatic N) is 1. The molecule has 0 aliphatic carbocycles. The number of allylic oxidation sites excluding steroid dienone is 1. The van der Waals surface area contributed by atoms with Crippen LogP contribution in [-0.2, 0) is 0 Å². The van der Waals surface area contributed by atoms with Crippen LogP contribution < -0.4 is 23.8 Å². The van der Waals surface area contributed by atoms with Crippen LogP contribution in [0, 0.1) is 0 Å². The van der Waals surface area contributed by atoms with Crippen molar-refractivity contribution >= 4 is 17.5 Å². The van der Waals surface area contributed by atoms with Gasteiger partial charge in [-0.15, -0.1) is 0 Å². The van der Waals surface area contributed by atoms with Crippen LogP contribution in [0.2, 0.25) is 0 Å². The van der Waals surface area contributed by atoms with Crippen molar-refractivity contribution in [3.05, 3.63) is 47.0 Å². The van der Waals surface area contributed by atoms with E-state index in [0.717, 1.165) is 17.0 Å². The van der Waals surface area contributed by atoms with Crippen molar-refractivity contribution in [1.82, 2.24) is 0 Å². The first-order valence-electron chi connectivity index (χ1n) is 9.66. The zero-order valence-electron chi connectivity index (χ0n) is 17.6. The molecule has 0 atom stereocenters. The van der Waals surface area contributed by atoms with E-state index in [1.54, 1.807) is 13.2 Å². The van der Waals surface area contributed by atoms with Gasteiger partial charge < -0.3 is 23.8 Å². The molecule has 1 heterocycles. The maximum absolute atomic E-state index is 13.2. The van der Waals surface area contributed by atoms with Crippen molar-refractivity contribution in [1.29, 1.82) is 0 Å². The summed E-state index contributed by atoms with van der Waals surface area (Å²) in [6.07, 6.45) is 2.44. The van der Waals surface area contributed by atoms with Gasteiger partial charge in [0, 0.05) is 30.8 Å². The first kappa shape index (κ1) is 20.6. The van der Waals surface area contributed by atoms with Crippen LogP contribution in [0.3, 0.4) is 0 Å². The van der Waals surface area contributed by atoms with Gasteiger partial charge in [-0.2, -0.15) is 0 Å². The van der Waals surface area contributed by atoms with Crippen molar-refractivity contribution in [3.8, 4) is 23.0 Å². The molecule has 0 saturated carbocycles. The Morgan fingerprint density at radius 2 is 1.97 bits per heavy atom. The van der Waals surface area contributed by atoms with Gasteiger partial charge in [-0.3, -0.25) is 4.79 Å². The van der Waals surface area contributed by atoms with Crippen LogP contribution >= 0.6 is 0 Å². The average Bonchev–Trinajstić information content (AvgIpc) is 3.20. The Morgan fingerprint density at radius 1 is 1.17 bits per heavy atom. The lowest BCUT2D eigenvalue weighted by Crippen LogP contribution is -2.12. The highest BCUT2D eigenvalue weighted by atomic mass is 16.7. The summed E-state index contributed by atoms with van der Waals surface area (Å²) in [4.78, 5) is 15.2. The molecule has 3 rings (SSSR count). The van der Waals surface area contributed by atoms with Crippen molar-refractivity contribution in [2.75, 3.05) is 39.5 Å². The Hall–Kier alpha value is -3.15. The molecule has 6 heteroatoms. The van der Waals surface area contributed by atoms with Crippen LogP contribution in [0.25, 0.3) is 6.08 Å². The summed E-state index contributed by atoms with van der Waals surface area (Å²) < 4.78 is 22.1. The molecule has 0 saturated heterocycles. The molecule has 0 spiro atoms. The number of carbonyl (C=O) groups excluding carboxylic acids is 1. The number of rotatable bonds is 8. The van der Waals surface area contributed by atoms with Gasteiger partial charge >= 0.3 is 0 Å². The Morgan fingerprint density at radius 3 is 2.62 bits per heavy atom. The number of carbonyl (C=O) groups is 1. The number of ketones is 1. The minimum absolute atomic E-state index is 0.0293. The van der Waals surface area contributed by atoms with Gasteiger partial charge in [0.2, 0.25) is 12.5 Å². The van der Waals surface area contributed by atoms with Crippen LogP contribution in [-0.4, -0.2) is 40.4 Å². The second-order valence-electron chi connectivity index (χ2n) is 6.78. The predicted octanol–water partition coefficient (Wildman–Crippen LogP) is 4.56. The molecule has 2 aromatic rings. The summed E-state index contributed by atoms with van der Waals surface area (Å²) in [7, 11) is 5.44. The molecule has 1 aliphatic rings. The molecule has 29 heavy (non-hydrogen) atoms. The molecule has 2 aromatic carbocycles. The maximum Gasteiger partial charge on any atom is 0.231 e. The summed E-state index contributed by atoms with van der Waals surface area (Å²) in [5, 5.41) is 0. The summed E-state index contributed by atoms with van der Waals surface area (Å²) in [5.74, 6) is 2.51. The molecule has 0 aromatic heterocycles. The normalized spacial score (nSPS) is 12.7. The summed E-state index contributed by atoms with van der Waals surface area (Å²) in [6.45, 7) is 4.63. The van der Waals surface area contributed by atoms with Crippen molar-refractivity contribution in [3.63, 3.8) is 0 Å². The fourth-order valence-corrected chi connectivity index (χ4v) is 3.27. The zero-order valence-corrected chi connectivity index (χ0v) is 17.6. The number of Topliss-reactive ketones (excluding diaryl/α,β-unsaturated/α-hetero) is 1. The van der Waals surface area contributed by atoms with Gasteiger partial charge in [-0.1, -0.05) is 6.92 Å². The third-order valence-electron chi connectivity index (χ3n) is 4.73. The zero-order chi connectivity index (χ0) is 21.0. The van der Waals surface area contributed by atoms with E-state index in [2.05, 4.69) is 0 Å². The molecule has 0 fully saturated rings. The number of benzene rings is 2. The summed E-state index contributed by atoms with van der Waals surface area (Å²) in [5.41, 5.74) is 2.94. The smallest absolute Gasteiger partial charge is 0.231 e. The van der Waals surface area contributed by atoms with Crippen LogP contribution in [0.5, 0.6) is 23.0 Å². The van der Waals surface area contributed by atoms with Gasteiger partial charge in [-0.05, 0) is 49.8 Å². The second-order valence-corrected chi connectivity index (χ2v) is 6.78. The highest BCUT2D eigenvalue weighted by Crippen LogP contribution is 2.44. The monoisotopic (exact) mass is 397 g/mol. The third-order valence-corrected chi connectivity index (χ3v) is 4.73. The number of hydrogen-bond donors (Lipinski definition) is 0. The van der Waals surface area contributed by atoms with E-state index in [9.17, 15) is 4.79 Å². The number of hydrogen-bond acceptors (Lipinski definition) is 6. The average molecular weight is 397 g/mol. The molecule has 0 bridgehead atoms. The SMILES string of the molecule is CCOc1ccc(C(=O)C(=Cc2ccc3c(c2OC)OCO3)CC)cc1N(C)C. The lowest BCUT2D eigenvalue weighted by atomic mass is 9.97. The highest BCUT2D eigenvalue weighted by molar-refractivity contribution is 6.12. The highest BCUT2D eigenvalue weighted by Gasteiger charge is 2.22. The van der Waals surface area contributed by atoms with Crippen molar-refractivity contribution < 1.29 is 23.7 Å². The van der Waals surface area contributed by atoms with E-state index in [1.807, 2.05) is 63.2 Å². The van der Waals surface area contributed by atoms with Gasteiger partial charge in [0.25, 0.3) is 0 Å². The number of ether oxygens (including phenoxy) is 4. The fourth-order valence-electron chi connectivity index (χ4n) is 3.27. The van der Waals surface area contributed by atoms with E-state index >= 15 is 0 Å². The van der Waals surface area contributed by atoms with Gasteiger partial charge in [0.1, 0.15) is 5.75 Å². The minimum atomic E-state index is -0.0293. The van der Waals surface area contributed by atoms with E-state index in [4.69, 9.17) is 18.9 Å².